The van der Waals surface area contributed by atoms with Crippen molar-refractivity contribution in [2.45, 2.75) is 51.9 Å². The van der Waals surface area contributed by atoms with Gasteiger partial charge in [0.25, 0.3) is 0 Å². The molecule has 4 nitrogen and oxygen atoms in total. The first kappa shape index (κ1) is 22.8. The minimum atomic E-state index is -0.127. The number of benzene rings is 3. The highest BCUT2D eigenvalue weighted by Gasteiger charge is 2.31. The summed E-state index contributed by atoms with van der Waals surface area (Å²) >= 11 is 0. The largest absolute Gasteiger partial charge is 0.494 e. The molecule has 0 saturated heterocycles. The van der Waals surface area contributed by atoms with Crippen LogP contribution in [0.2, 0.25) is 0 Å². The van der Waals surface area contributed by atoms with Gasteiger partial charge >= 0.3 is 0 Å². The van der Waals surface area contributed by atoms with Crippen LogP contribution in [0, 0.1) is 0 Å². The van der Waals surface area contributed by atoms with Crippen LogP contribution in [0.25, 0.3) is 0 Å². The predicted molar refractivity (Wildman–Crippen MR) is 133 cm³/mol. The van der Waals surface area contributed by atoms with Gasteiger partial charge in [-0.3, -0.25) is 9.59 Å². The number of nitrogens with one attached hydrogen (secondary N) is 1. The summed E-state index contributed by atoms with van der Waals surface area (Å²) < 4.78 is 5.87. The van der Waals surface area contributed by atoms with E-state index in [4.69, 9.17) is 4.74 Å². The Morgan fingerprint density at radius 2 is 1.30 bits per heavy atom. The molecule has 0 unspecified atom stereocenters. The molecular weight excluding hydrogens is 410 g/mol. The molecule has 3 aromatic carbocycles. The zero-order chi connectivity index (χ0) is 23.0. The maximum atomic E-state index is 13.2. The second-order valence-electron chi connectivity index (χ2n) is 8.55. The Bertz CT molecular complexity index is 1120. The van der Waals surface area contributed by atoms with Crippen molar-refractivity contribution in [3.05, 3.63) is 89.0 Å². The van der Waals surface area contributed by atoms with Gasteiger partial charge in [0.1, 0.15) is 5.75 Å². The van der Waals surface area contributed by atoms with E-state index < -0.39 is 0 Å². The van der Waals surface area contributed by atoms with Gasteiger partial charge in [-0.05, 0) is 36.8 Å². The first-order valence-corrected chi connectivity index (χ1v) is 12.0. The standard InChI is InChI=1S/C29H31NO3/c1-2-3-4-5-6-7-10-20-33-22-18-16-21(17-19-22)30-26-15-11-14-25-27(26)29(32)24-13-9-8-12-23(24)28(25)31/h8-9,11-19,30H,2-7,10,20H2,1H3. The summed E-state index contributed by atoms with van der Waals surface area (Å²) in [5, 5.41) is 3.31. The summed E-state index contributed by atoms with van der Waals surface area (Å²) in [4.78, 5) is 26.1. The van der Waals surface area contributed by atoms with Crippen LogP contribution in [-0.2, 0) is 0 Å². The molecule has 3 aromatic rings. The Hall–Kier alpha value is -3.40. The molecule has 1 aliphatic carbocycles. The van der Waals surface area contributed by atoms with Gasteiger partial charge in [0.2, 0.25) is 0 Å². The number of fused-ring (bicyclic) bond motifs is 2. The zero-order valence-corrected chi connectivity index (χ0v) is 19.2. The molecular formula is C29H31NO3. The van der Waals surface area contributed by atoms with Crippen molar-refractivity contribution in [1.29, 1.82) is 0 Å². The summed E-state index contributed by atoms with van der Waals surface area (Å²) in [6.45, 7) is 2.96. The van der Waals surface area contributed by atoms with E-state index in [-0.39, 0.29) is 11.6 Å². The third kappa shape index (κ3) is 5.33. The molecule has 0 saturated carbocycles. The highest BCUT2D eigenvalue weighted by molar-refractivity contribution is 6.30. The van der Waals surface area contributed by atoms with E-state index in [1.54, 1.807) is 36.4 Å². The van der Waals surface area contributed by atoms with Gasteiger partial charge in [0.15, 0.2) is 11.6 Å². The normalized spacial score (nSPS) is 12.3. The lowest BCUT2D eigenvalue weighted by Gasteiger charge is -2.20. The van der Waals surface area contributed by atoms with Crippen LogP contribution < -0.4 is 10.1 Å². The van der Waals surface area contributed by atoms with Crippen molar-refractivity contribution >= 4 is 22.9 Å². The van der Waals surface area contributed by atoms with Gasteiger partial charge in [0.05, 0.1) is 17.9 Å². The lowest BCUT2D eigenvalue weighted by molar-refractivity contribution is 0.0979. The van der Waals surface area contributed by atoms with Gasteiger partial charge in [-0.1, -0.05) is 81.8 Å². The predicted octanol–water partition coefficient (Wildman–Crippen LogP) is 7.34. The van der Waals surface area contributed by atoms with E-state index in [2.05, 4.69) is 12.2 Å². The first-order chi connectivity index (χ1) is 16.2. The number of anilines is 2. The van der Waals surface area contributed by atoms with Crippen LogP contribution in [0.15, 0.2) is 66.7 Å². The number of ketones is 2. The van der Waals surface area contributed by atoms with Gasteiger partial charge in [-0.2, -0.15) is 0 Å². The topological polar surface area (TPSA) is 55.4 Å². The quantitative estimate of drug-likeness (QED) is 0.247. The second-order valence-corrected chi connectivity index (χ2v) is 8.55. The number of ether oxygens (including phenoxy) is 1. The van der Waals surface area contributed by atoms with Crippen LogP contribution in [-0.4, -0.2) is 18.2 Å². The van der Waals surface area contributed by atoms with Crippen LogP contribution in [0.3, 0.4) is 0 Å². The maximum absolute atomic E-state index is 13.2. The number of hydrogen-bond acceptors (Lipinski definition) is 4. The Morgan fingerprint density at radius 1 is 0.667 bits per heavy atom. The minimum Gasteiger partial charge on any atom is -0.494 e. The van der Waals surface area contributed by atoms with Gasteiger partial charge in [-0.25, -0.2) is 0 Å². The molecule has 0 amide bonds. The lowest BCUT2D eigenvalue weighted by atomic mass is 9.83. The van der Waals surface area contributed by atoms with E-state index in [0.717, 1.165) is 24.5 Å². The molecule has 0 aromatic heterocycles. The third-order valence-electron chi connectivity index (χ3n) is 6.10. The third-order valence-corrected chi connectivity index (χ3v) is 6.10. The highest BCUT2D eigenvalue weighted by atomic mass is 16.5. The van der Waals surface area contributed by atoms with Crippen LogP contribution in [0.4, 0.5) is 11.4 Å². The summed E-state index contributed by atoms with van der Waals surface area (Å²) in [6, 6.07) is 20.1. The number of carbonyl (C=O) groups is 2. The maximum Gasteiger partial charge on any atom is 0.196 e. The summed E-state index contributed by atoms with van der Waals surface area (Å²) in [5.41, 5.74) is 3.27. The molecule has 1 N–H and O–H groups in total. The monoisotopic (exact) mass is 441 g/mol. The van der Waals surface area contributed by atoms with Crippen molar-refractivity contribution in [3.63, 3.8) is 0 Å². The van der Waals surface area contributed by atoms with Crippen molar-refractivity contribution < 1.29 is 14.3 Å². The van der Waals surface area contributed by atoms with Crippen LogP contribution in [0.5, 0.6) is 5.75 Å². The van der Waals surface area contributed by atoms with E-state index >= 15 is 0 Å². The van der Waals surface area contributed by atoms with Crippen LogP contribution in [0.1, 0.15) is 83.7 Å². The smallest absolute Gasteiger partial charge is 0.196 e. The van der Waals surface area contributed by atoms with Crippen molar-refractivity contribution in [1.82, 2.24) is 0 Å². The van der Waals surface area contributed by atoms with Crippen molar-refractivity contribution in [2.75, 3.05) is 11.9 Å². The lowest BCUT2D eigenvalue weighted by Crippen LogP contribution is -2.22. The highest BCUT2D eigenvalue weighted by Crippen LogP contribution is 2.33. The number of hydrogen-bond donors (Lipinski definition) is 1. The second kappa shape index (κ2) is 11.0. The Balaban J connectivity index is 1.37. The molecule has 0 heterocycles. The fraction of sp³-hybridized carbons (Fsp3) is 0.310. The fourth-order valence-corrected chi connectivity index (χ4v) is 4.29. The molecule has 0 fully saturated rings. The van der Waals surface area contributed by atoms with Gasteiger partial charge < -0.3 is 10.1 Å². The Kier molecular flexibility index (Phi) is 7.56. The average Bonchev–Trinajstić information content (AvgIpc) is 2.85. The number of rotatable bonds is 11. The summed E-state index contributed by atoms with van der Waals surface area (Å²) in [5.74, 6) is 0.595. The van der Waals surface area contributed by atoms with Crippen molar-refractivity contribution in [3.8, 4) is 5.75 Å². The van der Waals surface area contributed by atoms with E-state index in [1.165, 1.54) is 38.5 Å². The number of carbonyl (C=O) groups excluding carboxylic acids is 2. The molecule has 0 bridgehead atoms. The molecule has 0 atom stereocenters. The number of unbranched alkanes of at least 4 members (excludes halogenated alkanes) is 6. The molecule has 1 aliphatic rings. The van der Waals surface area contributed by atoms with E-state index in [0.29, 0.717) is 27.9 Å². The zero-order valence-electron chi connectivity index (χ0n) is 19.2. The minimum absolute atomic E-state index is 0.113. The fourth-order valence-electron chi connectivity index (χ4n) is 4.29. The average molecular weight is 442 g/mol. The molecule has 170 valence electrons. The van der Waals surface area contributed by atoms with E-state index in [9.17, 15) is 9.59 Å². The molecule has 0 spiro atoms. The molecule has 4 rings (SSSR count). The van der Waals surface area contributed by atoms with Gasteiger partial charge in [-0.15, -0.1) is 0 Å². The molecule has 0 radical (unpaired) electrons. The molecule has 33 heavy (non-hydrogen) atoms. The SMILES string of the molecule is CCCCCCCCCOc1ccc(Nc2cccc3c2C(=O)c2ccccc2C3=O)cc1. The first-order valence-electron chi connectivity index (χ1n) is 12.0. The molecule has 0 aliphatic heterocycles. The Morgan fingerprint density at radius 3 is 2.03 bits per heavy atom. The molecule has 4 heteroatoms. The Labute approximate surface area is 196 Å². The van der Waals surface area contributed by atoms with Gasteiger partial charge in [0, 0.05) is 22.4 Å². The summed E-state index contributed by atoms with van der Waals surface area (Å²) in [7, 11) is 0. The van der Waals surface area contributed by atoms with Crippen LogP contribution >= 0.6 is 0 Å². The summed E-state index contributed by atoms with van der Waals surface area (Å²) in [6.07, 6.45) is 8.82. The van der Waals surface area contributed by atoms with Crippen molar-refractivity contribution in [2.24, 2.45) is 0 Å². The van der Waals surface area contributed by atoms with E-state index in [1.807, 2.05) is 30.3 Å².